The first kappa shape index (κ1) is 33.5. The third kappa shape index (κ3) is 6.88. The van der Waals surface area contributed by atoms with Gasteiger partial charge < -0.3 is 9.13 Å². The van der Waals surface area contributed by atoms with Crippen LogP contribution in [0.15, 0.2) is 192 Å². The molecule has 0 aliphatic heterocycles. The van der Waals surface area contributed by atoms with Crippen LogP contribution in [-0.2, 0) is 0 Å². The second kappa shape index (κ2) is 14.9. The summed E-state index contributed by atoms with van der Waals surface area (Å²) in [7, 11) is -5.20. The zero-order valence-corrected chi connectivity index (χ0v) is 30.6. The van der Waals surface area contributed by atoms with Gasteiger partial charge in [-0.25, -0.2) is 0 Å². The van der Waals surface area contributed by atoms with E-state index in [1.54, 1.807) is 0 Å². The first-order valence-corrected chi connectivity index (χ1v) is 21.0. The minimum atomic E-state index is -2.63. The first-order chi connectivity index (χ1) is 24.5. The Hall–Kier alpha value is -5.01. The van der Waals surface area contributed by atoms with E-state index in [9.17, 15) is 0 Å². The molecule has 4 nitrogen and oxygen atoms in total. The topological polar surface area (TPSA) is 33.5 Å². The van der Waals surface area contributed by atoms with E-state index < -0.39 is 14.1 Å². The summed E-state index contributed by atoms with van der Waals surface area (Å²) in [5.74, 6) is 0.742. The van der Waals surface area contributed by atoms with Crippen molar-refractivity contribution in [3.8, 4) is 5.69 Å². The highest BCUT2D eigenvalue weighted by atomic mass is 31.2. The Kier molecular flexibility index (Phi) is 9.95. The fourth-order valence-corrected chi connectivity index (χ4v) is 16.7. The number of imidazole rings is 1. The van der Waals surface area contributed by atoms with E-state index in [2.05, 4.69) is 218 Å². The van der Waals surface area contributed by atoms with Crippen molar-refractivity contribution in [3.05, 3.63) is 194 Å². The van der Waals surface area contributed by atoms with E-state index in [0.29, 0.717) is 6.04 Å². The van der Waals surface area contributed by atoms with Crippen molar-refractivity contribution in [2.24, 2.45) is 9.49 Å². The predicted molar refractivity (Wildman–Crippen MR) is 214 cm³/mol. The fourth-order valence-electron chi connectivity index (χ4n) is 6.41. The van der Waals surface area contributed by atoms with Crippen LogP contribution in [0.1, 0.15) is 25.5 Å². The average molecular weight is 689 g/mol. The zero-order valence-electron chi connectivity index (χ0n) is 28.8. The maximum Gasteiger partial charge on any atom is 0.243 e. The minimum Gasteiger partial charge on any atom is -0.324 e. The van der Waals surface area contributed by atoms with Crippen LogP contribution in [0.25, 0.3) is 5.69 Å². The molecule has 1 aromatic heterocycles. The molecule has 0 atom stereocenters. The molecule has 0 saturated carbocycles. The lowest BCUT2D eigenvalue weighted by molar-refractivity contribution is -0.719. The molecule has 0 bridgehead atoms. The second-order valence-corrected chi connectivity index (χ2v) is 19.5. The predicted octanol–water partition coefficient (Wildman–Crippen LogP) is 10.1. The molecule has 7 rings (SSSR count). The van der Waals surface area contributed by atoms with Gasteiger partial charge in [-0.3, -0.25) is 9.49 Å². The molecular weight excluding hydrogens is 646 g/mol. The number of rotatable bonds is 10. The van der Waals surface area contributed by atoms with Gasteiger partial charge in [0.05, 0.1) is 23.1 Å². The number of aryl methyl sites for hydroxylation is 1. The summed E-state index contributed by atoms with van der Waals surface area (Å²) in [6.45, 7) is 6.47. The molecule has 50 heavy (non-hydrogen) atoms. The summed E-state index contributed by atoms with van der Waals surface area (Å²) in [6.07, 6.45) is 7.71. The Balaban J connectivity index is 1.62. The van der Waals surface area contributed by atoms with Gasteiger partial charge >= 0.3 is 0 Å². The third-order valence-corrected chi connectivity index (χ3v) is 18.1. The fraction of sp³-hybridized carbons (Fsp3) is 0.114. The third-order valence-electron chi connectivity index (χ3n) is 9.04. The molecular formula is C44H42N4P2. The molecule has 6 aromatic carbocycles. The highest BCUT2D eigenvalue weighted by molar-refractivity contribution is 7.96. The average Bonchev–Trinajstić information content (AvgIpc) is 3.68. The van der Waals surface area contributed by atoms with Crippen molar-refractivity contribution in [1.29, 1.82) is 0 Å². The maximum absolute atomic E-state index is 6.08. The van der Waals surface area contributed by atoms with Crippen LogP contribution in [0.2, 0.25) is 0 Å². The van der Waals surface area contributed by atoms with Crippen molar-refractivity contribution in [3.63, 3.8) is 0 Å². The summed E-state index contributed by atoms with van der Waals surface area (Å²) in [5.41, 5.74) is 4.14. The van der Waals surface area contributed by atoms with Crippen molar-refractivity contribution in [2.45, 2.75) is 26.8 Å². The molecule has 0 unspecified atom stereocenters. The maximum atomic E-state index is 6.08. The van der Waals surface area contributed by atoms with Crippen LogP contribution in [0.4, 0.5) is 11.4 Å². The molecule has 1 heterocycles. The first-order valence-electron chi connectivity index (χ1n) is 17.1. The molecule has 0 saturated heterocycles. The van der Waals surface area contributed by atoms with Gasteiger partial charge in [-0.1, -0.05) is 157 Å². The number of hydrogen-bond acceptors (Lipinski definition) is 2. The molecule has 0 spiro atoms. The molecule has 7 aromatic rings. The minimum absolute atomic E-state index is 0.297. The number of para-hydroxylation sites is 1. The summed E-state index contributed by atoms with van der Waals surface area (Å²) >= 11 is 0. The molecule has 0 N–H and O–H groups in total. The summed E-state index contributed by atoms with van der Waals surface area (Å²) < 4.78 is 16.2. The quantitative estimate of drug-likeness (QED) is 0.0779. The number of hydrogen-bond donors (Lipinski definition) is 0. The lowest BCUT2D eigenvalue weighted by Crippen LogP contribution is -2.33. The van der Waals surface area contributed by atoms with Gasteiger partial charge in [-0.05, 0) is 60.2 Å². The zero-order chi connectivity index (χ0) is 34.4. The van der Waals surface area contributed by atoms with E-state index >= 15 is 0 Å². The van der Waals surface area contributed by atoms with E-state index in [4.69, 9.17) is 9.49 Å². The number of aromatic nitrogens is 2. The van der Waals surface area contributed by atoms with E-state index in [-0.39, 0.29) is 0 Å². The Bertz CT molecular complexity index is 2190. The SMILES string of the molecule is Cc1ccc(N=P(CP(=Nc2ccccc2-n2[c-][n+](C(C)C)cc2)(c2ccccc2)c2ccccc2)(c2ccccc2)c2ccccc2)cc1. The van der Waals surface area contributed by atoms with Gasteiger partial charge in [0.1, 0.15) is 0 Å². The Labute approximate surface area is 296 Å². The van der Waals surface area contributed by atoms with Crippen LogP contribution >= 0.6 is 14.1 Å². The van der Waals surface area contributed by atoms with Crippen LogP contribution in [0.3, 0.4) is 0 Å². The van der Waals surface area contributed by atoms with Crippen molar-refractivity contribution < 1.29 is 4.57 Å². The monoisotopic (exact) mass is 688 g/mol. The number of benzene rings is 6. The van der Waals surface area contributed by atoms with Crippen molar-refractivity contribution in [2.75, 3.05) is 5.90 Å². The second-order valence-electron chi connectivity index (χ2n) is 12.8. The van der Waals surface area contributed by atoms with Crippen molar-refractivity contribution >= 4 is 46.7 Å². The number of nitrogens with zero attached hydrogens (tertiary/aromatic N) is 4. The molecule has 248 valence electrons. The molecule has 0 radical (unpaired) electrons. The van der Waals surface area contributed by atoms with E-state index in [1.807, 2.05) is 0 Å². The van der Waals surface area contributed by atoms with Gasteiger partial charge in [-0.15, -0.1) is 0 Å². The van der Waals surface area contributed by atoms with Crippen LogP contribution < -0.4 is 25.8 Å². The lowest BCUT2D eigenvalue weighted by Gasteiger charge is -2.35. The van der Waals surface area contributed by atoms with Gasteiger partial charge in [-0.2, -0.15) is 0 Å². The molecule has 0 aliphatic carbocycles. The Morgan fingerprint density at radius 1 is 0.560 bits per heavy atom. The van der Waals surface area contributed by atoms with Crippen molar-refractivity contribution in [1.82, 2.24) is 4.57 Å². The smallest absolute Gasteiger partial charge is 0.243 e. The van der Waals surface area contributed by atoms with Gasteiger partial charge in [0, 0.05) is 32.4 Å². The Morgan fingerprint density at radius 2 is 1.00 bits per heavy atom. The van der Waals surface area contributed by atoms with E-state index in [0.717, 1.165) is 23.0 Å². The molecule has 0 aliphatic rings. The van der Waals surface area contributed by atoms with Gasteiger partial charge in [0.25, 0.3) is 0 Å². The lowest BCUT2D eigenvalue weighted by atomic mass is 10.2. The Morgan fingerprint density at radius 3 is 1.46 bits per heavy atom. The molecule has 0 fully saturated rings. The van der Waals surface area contributed by atoms with Crippen LogP contribution in [-0.4, -0.2) is 10.5 Å². The largest absolute Gasteiger partial charge is 0.324 e. The van der Waals surface area contributed by atoms with Gasteiger partial charge in [0.15, 0.2) is 0 Å². The summed E-state index contributed by atoms with van der Waals surface area (Å²) in [6, 6.07) is 61.3. The standard InChI is InChI=1S/C44H42N4P2/c1-36(2)47-32-33-48(34-47)44-27-17-16-26-43(44)46-50(41-22-12-6-13-23-41,42-24-14-7-15-25-42)35-49(39-18-8-4-9-19-39,40-20-10-5-11-21-40)45-38-30-28-37(3)29-31-38/h4-33,36H,35H2,1-3H3. The molecule has 0 amide bonds. The molecule has 6 heteroatoms. The van der Waals surface area contributed by atoms with E-state index in [1.165, 1.54) is 26.8 Å². The summed E-state index contributed by atoms with van der Waals surface area (Å²) in [5, 5.41) is 4.93. The normalized spacial score (nSPS) is 11.8. The van der Waals surface area contributed by atoms with Gasteiger partial charge in [0.2, 0.25) is 6.33 Å². The highest BCUT2D eigenvalue weighted by Crippen LogP contribution is 2.65. The van der Waals surface area contributed by atoms with Crippen LogP contribution in [0, 0.1) is 13.3 Å². The summed E-state index contributed by atoms with van der Waals surface area (Å²) in [4.78, 5) is 0. The van der Waals surface area contributed by atoms with Crippen LogP contribution in [0.5, 0.6) is 0 Å². The highest BCUT2D eigenvalue weighted by Gasteiger charge is 2.36.